The van der Waals surface area contributed by atoms with Crippen molar-refractivity contribution in [3.05, 3.63) is 35.4 Å². The number of alkyl halides is 2. The molecule has 0 spiro atoms. The predicted molar refractivity (Wildman–Crippen MR) is 73.2 cm³/mol. The molecule has 2 nitrogen and oxygen atoms in total. The molecule has 0 bridgehead atoms. The summed E-state index contributed by atoms with van der Waals surface area (Å²) in [5.41, 5.74) is 6.87. The fourth-order valence-corrected chi connectivity index (χ4v) is 2.73. The van der Waals surface area contributed by atoms with Gasteiger partial charge in [0.25, 0.3) is 6.43 Å². The first kappa shape index (κ1) is 14.4. The number of nitrogens with two attached hydrogens (primary N) is 1. The van der Waals surface area contributed by atoms with Crippen LogP contribution in [0.2, 0.25) is 0 Å². The van der Waals surface area contributed by atoms with E-state index in [-0.39, 0.29) is 11.6 Å². The van der Waals surface area contributed by atoms with Crippen LogP contribution < -0.4 is 11.1 Å². The lowest BCUT2D eigenvalue weighted by Gasteiger charge is -2.28. The number of hydrogen-bond acceptors (Lipinski definition) is 2. The van der Waals surface area contributed by atoms with Crippen molar-refractivity contribution in [1.29, 1.82) is 0 Å². The molecule has 0 amide bonds. The van der Waals surface area contributed by atoms with Gasteiger partial charge in [-0.3, -0.25) is 0 Å². The molecule has 0 aromatic heterocycles. The Morgan fingerprint density at radius 2 is 1.63 bits per heavy atom. The molecule has 1 atom stereocenters. The van der Waals surface area contributed by atoms with Gasteiger partial charge in [-0.05, 0) is 18.4 Å². The Morgan fingerprint density at radius 1 is 1.05 bits per heavy atom. The molecular formula is C15H22F2N2. The zero-order chi connectivity index (χ0) is 13.7. The molecule has 1 aliphatic rings. The number of halogens is 2. The molecule has 1 fully saturated rings. The molecule has 1 aromatic rings. The first-order chi connectivity index (χ1) is 9.20. The maximum atomic E-state index is 12.5. The minimum absolute atomic E-state index is 0.0647. The summed E-state index contributed by atoms with van der Waals surface area (Å²) in [5, 5.41) is 3.56. The number of nitrogens with one attached hydrogen (secondary N) is 1. The molecule has 1 unspecified atom stereocenters. The smallest absolute Gasteiger partial charge is 0.263 e. The standard InChI is InChI=1S/C15H22F2N2/c16-15(17)12-8-6-11(7-9-12)14(10-18)19-13-4-2-1-3-5-13/h6-9,13-15,19H,1-5,10,18H2. The third kappa shape index (κ3) is 3.98. The van der Waals surface area contributed by atoms with Gasteiger partial charge in [-0.2, -0.15) is 0 Å². The van der Waals surface area contributed by atoms with Crippen molar-refractivity contribution in [2.75, 3.05) is 6.54 Å². The van der Waals surface area contributed by atoms with E-state index in [4.69, 9.17) is 5.73 Å². The van der Waals surface area contributed by atoms with Crippen LogP contribution in [0.3, 0.4) is 0 Å². The quantitative estimate of drug-likeness (QED) is 0.857. The Kier molecular flexibility index (Phi) is 5.28. The first-order valence-corrected chi connectivity index (χ1v) is 7.05. The van der Waals surface area contributed by atoms with Gasteiger partial charge < -0.3 is 11.1 Å². The van der Waals surface area contributed by atoms with Crippen molar-refractivity contribution in [2.24, 2.45) is 5.73 Å². The Labute approximate surface area is 113 Å². The lowest BCUT2D eigenvalue weighted by Crippen LogP contribution is -2.37. The normalized spacial score (nSPS) is 18.7. The van der Waals surface area contributed by atoms with E-state index in [2.05, 4.69) is 5.32 Å². The molecule has 1 saturated carbocycles. The summed E-state index contributed by atoms with van der Waals surface area (Å²) in [7, 11) is 0. The molecule has 1 aliphatic carbocycles. The highest BCUT2D eigenvalue weighted by Gasteiger charge is 2.18. The topological polar surface area (TPSA) is 38.0 Å². The second kappa shape index (κ2) is 6.96. The van der Waals surface area contributed by atoms with Crippen LogP contribution in [-0.2, 0) is 0 Å². The van der Waals surface area contributed by atoms with E-state index in [1.165, 1.54) is 44.2 Å². The summed E-state index contributed by atoms with van der Waals surface area (Å²) < 4.78 is 25.0. The van der Waals surface area contributed by atoms with Crippen molar-refractivity contribution in [3.63, 3.8) is 0 Å². The third-order valence-corrected chi connectivity index (χ3v) is 3.87. The van der Waals surface area contributed by atoms with Gasteiger partial charge in [0.05, 0.1) is 0 Å². The maximum absolute atomic E-state index is 12.5. The first-order valence-electron chi connectivity index (χ1n) is 7.05. The molecule has 0 radical (unpaired) electrons. The van der Waals surface area contributed by atoms with Gasteiger partial charge in [0.15, 0.2) is 0 Å². The monoisotopic (exact) mass is 268 g/mol. The minimum Gasteiger partial charge on any atom is -0.329 e. The van der Waals surface area contributed by atoms with Crippen LogP contribution >= 0.6 is 0 Å². The molecule has 0 heterocycles. The molecule has 3 N–H and O–H groups in total. The van der Waals surface area contributed by atoms with Crippen LogP contribution in [0.15, 0.2) is 24.3 Å². The van der Waals surface area contributed by atoms with Crippen LogP contribution in [0.5, 0.6) is 0 Å². The second-order valence-corrected chi connectivity index (χ2v) is 5.26. The summed E-state index contributed by atoms with van der Waals surface area (Å²) >= 11 is 0. The van der Waals surface area contributed by atoms with Gasteiger partial charge in [0.1, 0.15) is 0 Å². The minimum atomic E-state index is -2.41. The van der Waals surface area contributed by atoms with Crippen LogP contribution in [0.1, 0.15) is 55.7 Å². The zero-order valence-corrected chi connectivity index (χ0v) is 11.1. The van der Waals surface area contributed by atoms with E-state index in [9.17, 15) is 8.78 Å². The van der Waals surface area contributed by atoms with Crippen LogP contribution in [-0.4, -0.2) is 12.6 Å². The highest BCUT2D eigenvalue weighted by molar-refractivity contribution is 5.26. The molecule has 106 valence electrons. The van der Waals surface area contributed by atoms with E-state index >= 15 is 0 Å². The molecule has 4 heteroatoms. The Morgan fingerprint density at radius 3 is 2.16 bits per heavy atom. The third-order valence-electron chi connectivity index (χ3n) is 3.87. The van der Waals surface area contributed by atoms with E-state index < -0.39 is 6.43 Å². The zero-order valence-electron chi connectivity index (χ0n) is 11.1. The molecule has 0 saturated heterocycles. The van der Waals surface area contributed by atoms with Crippen molar-refractivity contribution in [3.8, 4) is 0 Å². The SMILES string of the molecule is NCC(NC1CCCCC1)c1ccc(C(F)F)cc1. The predicted octanol–water partition coefficient (Wildman–Crippen LogP) is 3.55. The lowest BCUT2D eigenvalue weighted by molar-refractivity contribution is 0.151. The van der Waals surface area contributed by atoms with Crippen molar-refractivity contribution >= 4 is 0 Å². The second-order valence-electron chi connectivity index (χ2n) is 5.26. The van der Waals surface area contributed by atoms with Crippen LogP contribution in [0.25, 0.3) is 0 Å². The largest absolute Gasteiger partial charge is 0.329 e. The highest BCUT2D eigenvalue weighted by atomic mass is 19.3. The van der Waals surface area contributed by atoms with E-state index in [1.54, 1.807) is 12.1 Å². The lowest BCUT2D eigenvalue weighted by atomic mass is 9.94. The summed E-state index contributed by atoms with van der Waals surface area (Å²) in [6, 6.07) is 7.08. The van der Waals surface area contributed by atoms with Gasteiger partial charge in [-0.15, -0.1) is 0 Å². The average molecular weight is 268 g/mol. The number of rotatable bonds is 5. The Balaban J connectivity index is 1.99. The number of benzene rings is 1. The van der Waals surface area contributed by atoms with Crippen molar-refractivity contribution in [2.45, 2.75) is 50.6 Å². The van der Waals surface area contributed by atoms with Crippen molar-refractivity contribution < 1.29 is 8.78 Å². The molecule has 1 aromatic carbocycles. The average Bonchev–Trinajstić information content (AvgIpc) is 2.46. The molecule has 19 heavy (non-hydrogen) atoms. The van der Waals surface area contributed by atoms with E-state index in [0.29, 0.717) is 12.6 Å². The highest BCUT2D eigenvalue weighted by Crippen LogP contribution is 2.23. The van der Waals surface area contributed by atoms with Gasteiger partial charge in [0.2, 0.25) is 0 Å². The van der Waals surface area contributed by atoms with Gasteiger partial charge in [-0.1, -0.05) is 43.5 Å². The Hall–Kier alpha value is -1.00. The maximum Gasteiger partial charge on any atom is 0.263 e. The molecular weight excluding hydrogens is 246 g/mol. The summed E-state index contributed by atoms with van der Waals surface area (Å²) in [6.07, 6.45) is 3.81. The van der Waals surface area contributed by atoms with Crippen molar-refractivity contribution in [1.82, 2.24) is 5.32 Å². The van der Waals surface area contributed by atoms with E-state index in [0.717, 1.165) is 5.56 Å². The summed E-state index contributed by atoms with van der Waals surface area (Å²) in [6.45, 7) is 0.491. The number of hydrogen-bond donors (Lipinski definition) is 2. The molecule has 0 aliphatic heterocycles. The van der Waals surface area contributed by atoms with Gasteiger partial charge in [0, 0.05) is 24.2 Å². The van der Waals surface area contributed by atoms with E-state index in [1.807, 2.05) is 0 Å². The summed E-state index contributed by atoms with van der Waals surface area (Å²) in [4.78, 5) is 0. The van der Waals surface area contributed by atoms with Crippen LogP contribution in [0, 0.1) is 0 Å². The Bertz CT molecular complexity index is 372. The summed E-state index contributed by atoms with van der Waals surface area (Å²) in [5.74, 6) is 0. The fourth-order valence-electron chi connectivity index (χ4n) is 2.73. The molecule has 2 rings (SSSR count). The van der Waals surface area contributed by atoms with Gasteiger partial charge >= 0.3 is 0 Å². The van der Waals surface area contributed by atoms with Crippen LogP contribution in [0.4, 0.5) is 8.78 Å². The fraction of sp³-hybridized carbons (Fsp3) is 0.600. The van der Waals surface area contributed by atoms with Gasteiger partial charge in [-0.25, -0.2) is 8.78 Å².